The van der Waals surface area contributed by atoms with Gasteiger partial charge in [-0.3, -0.25) is 0 Å². The summed E-state index contributed by atoms with van der Waals surface area (Å²) in [6.07, 6.45) is 105. The van der Waals surface area contributed by atoms with Crippen molar-refractivity contribution in [2.24, 2.45) is 0 Å². The Morgan fingerprint density at radius 3 is 0.239 bits per heavy atom. The molecule has 0 N–H and O–H groups in total. The predicted octanol–water partition coefficient (Wildman–Crippen LogP) is 33.9. The average Bonchev–Trinajstić information content (AvgIpc) is 0.966. The molecule has 0 saturated carbocycles. The van der Waals surface area contributed by atoms with Crippen LogP contribution >= 0.6 is 29.5 Å². The molecule has 0 aromatic rings. The minimum atomic E-state index is -3.09. The normalized spacial score (nSPS) is 11.9. The van der Waals surface area contributed by atoms with Gasteiger partial charge in [-0.1, -0.05) is 518 Å². The molecule has 0 heterocycles. The van der Waals surface area contributed by atoms with Crippen LogP contribution in [0, 0.1) is 0 Å². The first kappa shape index (κ1) is 119. The van der Waals surface area contributed by atoms with E-state index in [1.807, 2.05) is 0 Å². The maximum atomic E-state index is 12.1. The Morgan fingerprint density at radius 2 is 0.174 bits per heavy atom. The van der Waals surface area contributed by atoms with Gasteiger partial charge in [0.1, 0.15) is 0 Å². The molecule has 0 aromatic carbocycles. The van der Waals surface area contributed by atoms with Crippen LogP contribution in [0.15, 0.2) is 0 Å². The van der Waals surface area contributed by atoms with E-state index in [1.165, 1.54) is 411 Å². The van der Waals surface area contributed by atoms with Gasteiger partial charge in [0.2, 0.25) is 0 Å². The van der Waals surface area contributed by atoms with E-state index in [0.717, 1.165) is 103 Å². The van der Waals surface area contributed by atoms with E-state index in [-0.39, 0.29) is 21.1 Å². The zero-order chi connectivity index (χ0) is 80.2. The van der Waals surface area contributed by atoms with Gasteiger partial charge < -0.3 is 37.8 Å². The number of hydrogen-bond donors (Lipinski definition) is 0. The van der Waals surface area contributed by atoms with E-state index in [0.29, 0.717) is 49.3 Å². The summed E-state index contributed by atoms with van der Waals surface area (Å²) >= 11 is 0. The molecule has 0 rings (SSSR count). The zero-order valence-electron chi connectivity index (χ0n) is 75.7. The van der Waals surface area contributed by atoms with Gasteiger partial charge in [0, 0.05) is 29.5 Å². The first-order valence-corrected chi connectivity index (χ1v) is 57.6. The van der Waals surface area contributed by atoms with Crippen molar-refractivity contribution in [3.8, 4) is 0 Å². The third kappa shape index (κ3) is 114. The minimum Gasteiger partial charge on any atom is -0.799 e. The first-order chi connectivity index (χ1) is 52.5. The van der Waals surface area contributed by atoms with Crippen molar-refractivity contribution < 1.29 is 58.9 Å². The van der Waals surface area contributed by atoms with Crippen molar-refractivity contribution in [1.82, 2.24) is 0 Å². The van der Waals surface area contributed by atoms with Crippen LogP contribution in [-0.4, -0.2) is 49.3 Å². The van der Waals surface area contributed by atoms with Crippen LogP contribution in [0.2, 0.25) is 0 Å². The van der Waals surface area contributed by atoms with Crippen molar-refractivity contribution in [2.45, 2.75) is 569 Å². The van der Waals surface area contributed by atoms with E-state index in [2.05, 4.69) is 55.4 Å². The molecule has 0 spiro atoms. The smallest absolute Gasteiger partial charge is 0.799 e. The Hall–Kier alpha value is 1.45. The summed E-state index contributed by atoms with van der Waals surface area (Å²) in [6, 6.07) is 0. The first-order valence-electron chi connectivity index (χ1n) is 49.6. The Morgan fingerprint density at radius 1 is 0.119 bits per heavy atom. The van der Waals surface area contributed by atoms with Gasteiger partial charge in [-0.05, 0) is 101 Å². The van der Waals surface area contributed by atoms with Crippen LogP contribution in [0.3, 0.4) is 0 Å². The topological polar surface area (TPSA) is 161 Å². The molecule has 0 aliphatic rings. The Bertz CT molecular complexity index is 1470. The number of unbranched alkanes of at least 4 members (excludes halogenated alkanes) is 72. The van der Waals surface area contributed by atoms with Gasteiger partial charge in [-0.2, -0.15) is 0 Å². The van der Waals surface area contributed by atoms with Crippen molar-refractivity contribution in [3.63, 3.8) is 0 Å². The van der Waals surface area contributed by atoms with Gasteiger partial charge in [0.05, 0.1) is 0 Å². The third-order valence-corrected chi connectivity index (χ3v) is 30.8. The van der Waals surface area contributed by atoms with Crippen LogP contribution in [0.4, 0.5) is 0 Å². The van der Waals surface area contributed by atoms with Gasteiger partial charge in [-0.25, -0.2) is 0 Å². The standard InChI is InChI=1S/4C24H51O2P.Mo/c4*1-3-5-7-9-11-13-15-17-19-21-23-27(25,26)24-22-20-18-16-14-12-10-8-6-4-2;/h4*3-24H2,1-2H3,(H,25,26);/q;;;;+4/p-4. The summed E-state index contributed by atoms with van der Waals surface area (Å²) in [5.41, 5.74) is 0. The zero-order valence-corrected chi connectivity index (χ0v) is 81.3. The largest absolute Gasteiger partial charge is 4.00 e. The second-order valence-corrected chi connectivity index (χ2v) is 44.6. The fourth-order valence-electron chi connectivity index (χ4n) is 15.2. The van der Waals surface area contributed by atoms with E-state index >= 15 is 0 Å². The number of rotatable bonds is 88. The quantitative estimate of drug-likeness (QED) is 0.0330. The summed E-state index contributed by atoms with van der Waals surface area (Å²) < 4.78 is 48.5. The molecule has 0 bridgehead atoms. The molecule has 0 aliphatic carbocycles. The van der Waals surface area contributed by atoms with E-state index in [9.17, 15) is 37.8 Å². The molecule has 0 atom stereocenters. The molecule has 0 saturated heterocycles. The fourth-order valence-corrected chi connectivity index (χ4v) is 21.7. The van der Waals surface area contributed by atoms with Crippen LogP contribution in [0.25, 0.3) is 0 Å². The monoisotopic (exact) mass is 1700 g/mol. The molecule has 0 fully saturated rings. The summed E-state index contributed by atoms with van der Waals surface area (Å²) in [5.74, 6) is 0. The average molecular weight is 1700 g/mol. The van der Waals surface area contributed by atoms with Crippen molar-refractivity contribution in [1.29, 1.82) is 0 Å². The molecule has 0 unspecified atom stereocenters. The molecule has 0 aliphatic heterocycles. The predicted molar refractivity (Wildman–Crippen MR) is 484 cm³/mol. The SMILES string of the molecule is CCCCCCCCCCCCP(=O)([O-])CCCCCCCCCCCC.CCCCCCCCCCCCP(=O)([O-])CCCCCCCCCCCC.CCCCCCCCCCCCP(=O)([O-])CCCCCCCCCCCC.CCCCCCCCCCCCP(=O)([O-])CCCCCCCCCCCC.[Mo+4]. The molecule has 0 amide bonds. The number of hydrogen-bond acceptors (Lipinski definition) is 8. The van der Waals surface area contributed by atoms with Crippen LogP contribution in [0.1, 0.15) is 569 Å². The van der Waals surface area contributed by atoms with Crippen LogP contribution < -0.4 is 19.6 Å². The van der Waals surface area contributed by atoms with Gasteiger partial charge in [0.15, 0.2) is 0 Å². The maximum absolute atomic E-state index is 12.1. The molecule has 8 nitrogen and oxygen atoms in total. The molecule has 109 heavy (non-hydrogen) atoms. The fraction of sp³-hybridized carbons (Fsp3) is 1.00. The third-order valence-electron chi connectivity index (χ3n) is 22.8. The Balaban J connectivity index is -0.000000440. The maximum Gasteiger partial charge on any atom is 4.00 e. The molecule has 0 radical (unpaired) electrons. The van der Waals surface area contributed by atoms with Crippen LogP contribution in [-0.2, 0) is 39.3 Å². The minimum absolute atomic E-state index is 0. The van der Waals surface area contributed by atoms with Crippen molar-refractivity contribution in [3.05, 3.63) is 0 Å². The van der Waals surface area contributed by atoms with E-state index in [4.69, 9.17) is 0 Å². The second-order valence-electron chi connectivity index (χ2n) is 34.5. The summed E-state index contributed by atoms with van der Waals surface area (Å²) in [7, 11) is -12.4. The van der Waals surface area contributed by atoms with Crippen molar-refractivity contribution in [2.75, 3.05) is 49.3 Å². The molecular weight excluding hydrogens is 1500 g/mol. The molecule has 0 aromatic heterocycles. The van der Waals surface area contributed by atoms with Crippen molar-refractivity contribution >= 4 is 29.5 Å². The molecule has 658 valence electrons. The molecule has 13 heteroatoms. The summed E-state index contributed by atoms with van der Waals surface area (Å²) in [6.45, 7) is 18.0. The summed E-state index contributed by atoms with van der Waals surface area (Å²) in [4.78, 5) is 48.5. The Labute approximate surface area is 701 Å². The Kier molecular flexibility index (Phi) is 109. The summed E-state index contributed by atoms with van der Waals surface area (Å²) in [5, 5.41) is 0. The van der Waals surface area contributed by atoms with Gasteiger partial charge >= 0.3 is 21.1 Å². The van der Waals surface area contributed by atoms with E-state index < -0.39 is 29.5 Å². The van der Waals surface area contributed by atoms with Crippen LogP contribution in [0.5, 0.6) is 0 Å². The van der Waals surface area contributed by atoms with E-state index in [1.54, 1.807) is 0 Å². The molecular formula is C96H200MoO8P4. The second kappa shape index (κ2) is 100. The van der Waals surface area contributed by atoms with Gasteiger partial charge in [-0.15, -0.1) is 0 Å². The van der Waals surface area contributed by atoms with Gasteiger partial charge in [0.25, 0.3) is 0 Å².